The van der Waals surface area contributed by atoms with Crippen LogP contribution in [-0.4, -0.2) is 17.0 Å². The largest absolute Gasteiger partial charge is 0.389 e. The van der Waals surface area contributed by atoms with E-state index < -0.39 is 0 Å². The zero-order valence-electron chi connectivity index (χ0n) is 6.95. The molecule has 0 aromatic carbocycles. The van der Waals surface area contributed by atoms with Crippen LogP contribution in [0.5, 0.6) is 0 Å². The zero-order valence-corrected chi connectivity index (χ0v) is 6.95. The van der Waals surface area contributed by atoms with Crippen molar-refractivity contribution in [2.45, 2.75) is 26.4 Å². The maximum absolute atomic E-state index is 9.44. The van der Waals surface area contributed by atoms with Crippen LogP contribution in [0.2, 0.25) is 0 Å². The minimum absolute atomic E-state index is 0.167. The monoisotopic (exact) mass is 154 g/mol. The summed E-state index contributed by atoms with van der Waals surface area (Å²) in [6.07, 6.45) is 8.06. The molecule has 2 nitrogen and oxygen atoms in total. The van der Waals surface area contributed by atoms with Gasteiger partial charge in [-0.15, -0.1) is 0 Å². The van der Waals surface area contributed by atoms with E-state index in [2.05, 4.69) is 0 Å². The highest BCUT2D eigenvalue weighted by atomic mass is 16.3. The third-order valence-electron chi connectivity index (χ3n) is 0.958. The van der Waals surface area contributed by atoms with Crippen molar-refractivity contribution in [3.05, 3.63) is 24.3 Å². The van der Waals surface area contributed by atoms with Crippen molar-refractivity contribution < 1.29 is 9.90 Å². The van der Waals surface area contributed by atoms with Gasteiger partial charge in [-0.05, 0) is 20.3 Å². The minimum atomic E-state index is -0.231. The van der Waals surface area contributed by atoms with Crippen LogP contribution in [-0.2, 0) is 4.79 Å². The Labute approximate surface area is 67.2 Å². The van der Waals surface area contributed by atoms with Crippen LogP contribution in [0.1, 0.15) is 20.3 Å². The molecule has 1 rings (SSSR count). The molecule has 0 spiro atoms. The van der Waals surface area contributed by atoms with Crippen LogP contribution in [0.3, 0.4) is 0 Å². The number of hydrogen-bond acceptors (Lipinski definition) is 2. The van der Waals surface area contributed by atoms with Crippen molar-refractivity contribution in [2.75, 3.05) is 0 Å². The molecule has 1 aliphatic rings. The van der Waals surface area contributed by atoms with Gasteiger partial charge in [-0.1, -0.05) is 24.3 Å². The molecule has 0 amide bonds. The van der Waals surface area contributed by atoms with E-state index in [9.17, 15) is 4.79 Å². The average Bonchev–Trinajstić information content (AvgIpc) is 1.87. The van der Waals surface area contributed by atoms with Gasteiger partial charge in [0.05, 0.1) is 6.10 Å². The lowest BCUT2D eigenvalue weighted by Gasteiger charge is -2.01. The normalized spacial score (nSPS) is 20.5. The second-order valence-corrected chi connectivity index (χ2v) is 2.52. The Hall–Kier alpha value is -0.890. The van der Waals surface area contributed by atoms with E-state index in [1.54, 1.807) is 6.08 Å². The first-order chi connectivity index (χ1) is 5.13. The van der Waals surface area contributed by atoms with Gasteiger partial charge in [0.25, 0.3) is 0 Å². The van der Waals surface area contributed by atoms with E-state index in [-0.39, 0.29) is 11.9 Å². The van der Waals surface area contributed by atoms with Gasteiger partial charge in [0.1, 0.15) is 5.78 Å². The summed E-state index contributed by atoms with van der Waals surface area (Å²) in [5.41, 5.74) is 0. The third kappa shape index (κ3) is 9.11. The van der Waals surface area contributed by atoms with Crippen molar-refractivity contribution >= 4 is 5.78 Å². The maximum Gasteiger partial charge on any atom is 0.126 e. The van der Waals surface area contributed by atoms with E-state index in [1.165, 1.54) is 13.8 Å². The van der Waals surface area contributed by atoms with Gasteiger partial charge in [0.2, 0.25) is 0 Å². The summed E-state index contributed by atoms with van der Waals surface area (Å²) in [5.74, 6) is 0.167. The van der Waals surface area contributed by atoms with E-state index >= 15 is 0 Å². The molecule has 0 aromatic heterocycles. The van der Waals surface area contributed by atoms with Crippen LogP contribution in [0.4, 0.5) is 0 Å². The van der Waals surface area contributed by atoms with E-state index in [1.807, 2.05) is 18.2 Å². The van der Waals surface area contributed by atoms with Gasteiger partial charge in [-0.25, -0.2) is 0 Å². The molecule has 1 unspecified atom stereocenters. The first-order valence-electron chi connectivity index (χ1n) is 3.61. The molecule has 1 N–H and O–H groups in total. The predicted molar refractivity (Wildman–Crippen MR) is 45.3 cm³/mol. The molecule has 2 heteroatoms. The molecule has 0 aliphatic heterocycles. The number of ketones is 1. The summed E-state index contributed by atoms with van der Waals surface area (Å²) in [6, 6.07) is 0. The molecule has 0 radical (unpaired) electrons. The number of aliphatic hydroxyl groups is 1. The second kappa shape index (κ2) is 5.86. The average molecular weight is 154 g/mol. The summed E-state index contributed by atoms with van der Waals surface area (Å²) >= 11 is 0. The van der Waals surface area contributed by atoms with Crippen molar-refractivity contribution in [2.24, 2.45) is 0 Å². The van der Waals surface area contributed by atoms with Gasteiger partial charge < -0.3 is 9.90 Å². The van der Waals surface area contributed by atoms with Crippen LogP contribution >= 0.6 is 0 Å². The Kier molecular flexibility index (Phi) is 5.39. The molecule has 62 valence electrons. The molecular formula is C9H14O2. The Morgan fingerprint density at radius 3 is 2.18 bits per heavy atom. The van der Waals surface area contributed by atoms with Crippen molar-refractivity contribution in [3.63, 3.8) is 0 Å². The summed E-state index contributed by atoms with van der Waals surface area (Å²) in [4.78, 5) is 9.44. The lowest BCUT2D eigenvalue weighted by molar-refractivity contribution is -0.114. The SMILES string of the molecule is CC(C)=O.OC1C=CC=CC1. The number of carbonyl (C=O) groups excluding carboxylic acids is 1. The van der Waals surface area contributed by atoms with Crippen LogP contribution in [0.15, 0.2) is 24.3 Å². The first-order valence-corrected chi connectivity index (χ1v) is 3.61. The molecule has 0 saturated heterocycles. The highest BCUT2D eigenvalue weighted by Gasteiger charge is 1.95. The Morgan fingerprint density at radius 2 is 2.00 bits per heavy atom. The summed E-state index contributed by atoms with van der Waals surface area (Å²) < 4.78 is 0. The quantitative estimate of drug-likeness (QED) is 0.573. The van der Waals surface area contributed by atoms with Gasteiger partial charge in [0, 0.05) is 0 Å². The molecule has 0 aromatic rings. The molecule has 11 heavy (non-hydrogen) atoms. The van der Waals surface area contributed by atoms with E-state index in [0.717, 1.165) is 6.42 Å². The smallest absolute Gasteiger partial charge is 0.126 e. The standard InChI is InChI=1S/C6H8O.C3H6O/c7-6-4-2-1-3-5-6;1-3(2)4/h1-4,6-7H,5H2;1-2H3. The number of carbonyl (C=O) groups is 1. The van der Waals surface area contributed by atoms with Crippen molar-refractivity contribution in [1.29, 1.82) is 0 Å². The van der Waals surface area contributed by atoms with Gasteiger partial charge in [0.15, 0.2) is 0 Å². The summed E-state index contributed by atoms with van der Waals surface area (Å²) in [5, 5.41) is 8.77. The van der Waals surface area contributed by atoms with Crippen LogP contribution in [0.25, 0.3) is 0 Å². The lowest BCUT2D eigenvalue weighted by atomic mass is 10.1. The fraction of sp³-hybridized carbons (Fsp3) is 0.444. The summed E-state index contributed by atoms with van der Waals surface area (Å²) in [6.45, 7) is 3.06. The fourth-order valence-electron chi connectivity index (χ4n) is 0.568. The number of aliphatic hydroxyl groups excluding tert-OH is 1. The molecule has 1 atom stereocenters. The van der Waals surface area contributed by atoms with E-state index in [0.29, 0.717) is 0 Å². The number of rotatable bonds is 0. The van der Waals surface area contributed by atoms with E-state index in [4.69, 9.17) is 5.11 Å². The van der Waals surface area contributed by atoms with Gasteiger partial charge in [-0.2, -0.15) is 0 Å². The van der Waals surface area contributed by atoms with Crippen molar-refractivity contribution in [3.8, 4) is 0 Å². The van der Waals surface area contributed by atoms with Gasteiger partial charge in [-0.3, -0.25) is 0 Å². The topological polar surface area (TPSA) is 37.3 Å². The molecule has 0 heterocycles. The summed E-state index contributed by atoms with van der Waals surface area (Å²) in [7, 11) is 0. The lowest BCUT2D eigenvalue weighted by Crippen LogP contribution is -2.00. The van der Waals surface area contributed by atoms with Crippen LogP contribution < -0.4 is 0 Å². The Morgan fingerprint density at radius 1 is 1.45 bits per heavy atom. The number of Topliss-reactive ketones (excluding diaryl/α,β-unsaturated/α-hetero) is 1. The van der Waals surface area contributed by atoms with Crippen LogP contribution in [0, 0.1) is 0 Å². The first kappa shape index (κ1) is 10.1. The fourth-order valence-corrected chi connectivity index (χ4v) is 0.568. The zero-order chi connectivity index (χ0) is 8.69. The third-order valence-corrected chi connectivity index (χ3v) is 0.958. The Bertz CT molecular complexity index is 164. The maximum atomic E-state index is 9.44. The van der Waals surface area contributed by atoms with Crippen molar-refractivity contribution in [1.82, 2.24) is 0 Å². The molecular weight excluding hydrogens is 140 g/mol. The van der Waals surface area contributed by atoms with Gasteiger partial charge >= 0.3 is 0 Å². The highest BCUT2D eigenvalue weighted by molar-refractivity contribution is 5.72. The molecule has 0 bridgehead atoms. The Balaban J connectivity index is 0.000000218. The number of hydrogen-bond donors (Lipinski definition) is 1. The predicted octanol–water partition coefficient (Wildman–Crippen LogP) is 1.46. The molecule has 0 saturated carbocycles. The minimum Gasteiger partial charge on any atom is -0.389 e. The second-order valence-electron chi connectivity index (χ2n) is 2.52. The number of allylic oxidation sites excluding steroid dienone is 2. The molecule has 0 fully saturated rings. The molecule has 1 aliphatic carbocycles. The highest BCUT2D eigenvalue weighted by Crippen LogP contribution is 2.00.